The van der Waals surface area contributed by atoms with Crippen molar-refractivity contribution in [3.63, 3.8) is 0 Å². The van der Waals surface area contributed by atoms with Crippen molar-refractivity contribution >= 4 is 5.82 Å². The Hall–Kier alpha value is -1.36. The summed E-state index contributed by atoms with van der Waals surface area (Å²) in [5.74, 6) is 1.95. The molecule has 1 aromatic rings. The lowest BCUT2D eigenvalue weighted by atomic mass is 10.1. The van der Waals surface area contributed by atoms with Crippen molar-refractivity contribution in [3.8, 4) is 5.88 Å². The molecular formula is C13H24N4O. The number of ether oxygens (including phenoxy) is 1. The number of hydrogen-bond acceptors (Lipinski definition) is 5. The number of hydrogen-bond donors (Lipinski definition) is 1. The fraction of sp³-hybridized carbons (Fsp3) is 0.692. The summed E-state index contributed by atoms with van der Waals surface area (Å²) in [6.07, 6.45) is 1.66. The van der Waals surface area contributed by atoms with Gasteiger partial charge < -0.3 is 15.4 Å². The Balaban J connectivity index is 2.79. The second-order valence-corrected chi connectivity index (χ2v) is 4.76. The molecule has 0 aliphatic rings. The third-order valence-electron chi connectivity index (χ3n) is 2.62. The first kappa shape index (κ1) is 14.7. The van der Waals surface area contributed by atoms with E-state index in [1.165, 1.54) is 0 Å². The smallest absolute Gasteiger partial charge is 0.218 e. The Morgan fingerprint density at radius 2 is 2.06 bits per heavy atom. The van der Waals surface area contributed by atoms with Crippen molar-refractivity contribution < 1.29 is 4.74 Å². The molecule has 0 aromatic carbocycles. The van der Waals surface area contributed by atoms with E-state index in [1.807, 2.05) is 19.9 Å². The first-order valence-electron chi connectivity index (χ1n) is 6.50. The maximum atomic E-state index is 5.66. The van der Waals surface area contributed by atoms with Gasteiger partial charge in [0.25, 0.3) is 0 Å². The molecule has 1 heterocycles. The zero-order chi connectivity index (χ0) is 13.5. The molecule has 0 bridgehead atoms. The molecule has 0 saturated carbocycles. The molecule has 0 amide bonds. The average Bonchev–Trinajstić information content (AvgIpc) is 2.35. The normalized spacial score (nSPS) is 12.6. The van der Waals surface area contributed by atoms with Crippen molar-refractivity contribution in [2.75, 3.05) is 24.5 Å². The second-order valence-electron chi connectivity index (χ2n) is 4.76. The minimum atomic E-state index is 0.116. The van der Waals surface area contributed by atoms with Crippen molar-refractivity contribution in [2.24, 2.45) is 11.7 Å². The quantitative estimate of drug-likeness (QED) is 0.800. The molecule has 1 atom stereocenters. The molecule has 5 heteroatoms. The molecule has 2 N–H and O–H groups in total. The lowest BCUT2D eigenvalue weighted by Gasteiger charge is -2.25. The van der Waals surface area contributed by atoms with E-state index >= 15 is 0 Å². The number of anilines is 1. The number of nitrogens with zero attached hydrogens (tertiary/aromatic N) is 3. The van der Waals surface area contributed by atoms with Gasteiger partial charge in [-0.15, -0.1) is 0 Å². The van der Waals surface area contributed by atoms with Gasteiger partial charge in [0.05, 0.1) is 6.10 Å². The van der Waals surface area contributed by atoms with Crippen molar-refractivity contribution in [1.29, 1.82) is 0 Å². The van der Waals surface area contributed by atoms with Gasteiger partial charge in [-0.05, 0) is 33.2 Å². The van der Waals surface area contributed by atoms with E-state index in [2.05, 4.69) is 28.7 Å². The van der Waals surface area contributed by atoms with Crippen LogP contribution in [-0.2, 0) is 0 Å². The highest BCUT2D eigenvalue weighted by atomic mass is 16.5. The topological polar surface area (TPSA) is 64.3 Å². The van der Waals surface area contributed by atoms with Gasteiger partial charge in [-0.1, -0.05) is 6.92 Å². The largest absolute Gasteiger partial charge is 0.475 e. The molecule has 1 unspecified atom stereocenters. The van der Waals surface area contributed by atoms with E-state index in [1.54, 1.807) is 6.33 Å². The molecular weight excluding hydrogens is 228 g/mol. The van der Waals surface area contributed by atoms with Gasteiger partial charge >= 0.3 is 0 Å². The standard InChI is InChI=1S/C13H24N4O/c1-5-17(8-11(4)7-14)12-6-13(16-9-15-12)18-10(2)3/h6,9-11H,5,7-8,14H2,1-4H3. The van der Waals surface area contributed by atoms with Crippen LogP contribution in [0.4, 0.5) is 5.82 Å². The summed E-state index contributed by atoms with van der Waals surface area (Å²) in [5.41, 5.74) is 5.66. The highest BCUT2D eigenvalue weighted by molar-refractivity contribution is 5.40. The summed E-state index contributed by atoms with van der Waals surface area (Å²) < 4.78 is 5.58. The minimum Gasteiger partial charge on any atom is -0.475 e. The van der Waals surface area contributed by atoms with Gasteiger partial charge in [0.15, 0.2) is 0 Å². The molecule has 0 aliphatic heterocycles. The van der Waals surface area contributed by atoms with E-state index in [0.29, 0.717) is 18.3 Å². The SMILES string of the molecule is CCN(CC(C)CN)c1cc(OC(C)C)ncn1. The zero-order valence-electron chi connectivity index (χ0n) is 11.8. The van der Waals surface area contributed by atoms with Gasteiger partial charge in [-0.3, -0.25) is 0 Å². The third kappa shape index (κ3) is 4.49. The summed E-state index contributed by atoms with van der Waals surface area (Å²) in [6.45, 7) is 10.7. The van der Waals surface area contributed by atoms with Gasteiger partial charge in [0, 0.05) is 19.2 Å². The van der Waals surface area contributed by atoms with E-state index in [-0.39, 0.29) is 6.10 Å². The fourth-order valence-corrected chi connectivity index (χ4v) is 1.64. The summed E-state index contributed by atoms with van der Waals surface area (Å²) in [7, 11) is 0. The molecule has 0 aliphatic carbocycles. The Morgan fingerprint density at radius 3 is 2.61 bits per heavy atom. The minimum absolute atomic E-state index is 0.116. The van der Waals surface area contributed by atoms with E-state index in [4.69, 9.17) is 10.5 Å². The lowest BCUT2D eigenvalue weighted by Crippen LogP contribution is -2.32. The predicted molar refractivity (Wildman–Crippen MR) is 73.9 cm³/mol. The average molecular weight is 252 g/mol. The number of rotatable bonds is 7. The summed E-state index contributed by atoms with van der Waals surface area (Å²) in [4.78, 5) is 10.6. The first-order chi connectivity index (χ1) is 8.56. The van der Waals surface area contributed by atoms with Crippen molar-refractivity contribution in [2.45, 2.75) is 33.8 Å². The van der Waals surface area contributed by atoms with E-state index in [0.717, 1.165) is 18.9 Å². The van der Waals surface area contributed by atoms with E-state index in [9.17, 15) is 0 Å². The van der Waals surface area contributed by atoms with Crippen LogP contribution in [0.5, 0.6) is 5.88 Å². The Kier molecular flexibility index (Phi) is 5.85. The van der Waals surface area contributed by atoms with Gasteiger partial charge in [-0.25, -0.2) is 9.97 Å². The van der Waals surface area contributed by atoms with Crippen LogP contribution >= 0.6 is 0 Å². The summed E-state index contributed by atoms with van der Waals surface area (Å²) in [5, 5.41) is 0. The monoisotopic (exact) mass is 252 g/mol. The highest BCUT2D eigenvalue weighted by Gasteiger charge is 2.11. The Bertz CT molecular complexity index is 357. The number of nitrogens with two attached hydrogens (primary N) is 1. The fourth-order valence-electron chi connectivity index (χ4n) is 1.64. The van der Waals surface area contributed by atoms with Crippen LogP contribution in [0, 0.1) is 5.92 Å². The van der Waals surface area contributed by atoms with Crippen molar-refractivity contribution in [1.82, 2.24) is 9.97 Å². The molecule has 1 rings (SSSR count). The molecule has 5 nitrogen and oxygen atoms in total. The van der Waals surface area contributed by atoms with Crippen LogP contribution < -0.4 is 15.4 Å². The highest BCUT2D eigenvalue weighted by Crippen LogP contribution is 2.17. The van der Waals surface area contributed by atoms with Crippen LogP contribution in [0.25, 0.3) is 0 Å². The van der Waals surface area contributed by atoms with Crippen LogP contribution in [0.15, 0.2) is 12.4 Å². The molecule has 0 saturated heterocycles. The first-order valence-corrected chi connectivity index (χ1v) is 6.50. The molecule has 18 heavy (non-hydrogen) atoms. The van der Waals surface area contributed by atoms with Crippen molar-refractivity contribution in [3.05, 3.63) is 12.4 Å². The van der Waals surface area contributed by atoms with E-state index < -0.39 is 0 Å². The molecule has 0 spiro atoms. The van der Waals surface area contributed by atoms with Gasteiger partial charge in [0.1, 0.15) is 12.1 Å². The predicted octanol–water partition coefficient (Wildman–Crippen LogP) is 1.68. The maximum Gasteiger partial charge on any atom is 0.218 e. The van der Waals surface area contributed by atoms with Crippen LogP contribution in [0.3, 0.4) is 0 Å². The molecule has 0 fully saturated rings. The zero-order valence-corrected chi connectivity index (χ0v) is 11.8. The molecule has 0 radical (unpaired) electrons. The summed E-state index contributed by atoms with van der Waals surface area (Å²) in [6, 6.07) is 1.88. The molecule has 102 valence electrons. The third-order valence-corrected chi connectivity index (χ3v) is 2.62. The Labute approximate surface area is 109 Å². The van der Waals surface area contributed by atoms with Crippen LogP contribution in [-0.4, -0.2) is 35.7 Å². The number of aromatic nitrogens is 2. The van der Waals surface area contributed by atoms with Gasteiger partial charge in [0.2, 0.25) is 5.88 Å². The van der Waals surface area contributed by atoms with Crippen LogP contribution in [0.2, 0.25) is 0 Å². The van der Waals surface area contributed by atoms with Crippen LogP contribution in [0.1, 0.15) is 27.7 Å². The Morgan fingerprint density at radius 1 is 1.33 bits per heavy atom. The van der Waals surface area contributed by atoms with Gasteiger partial charge in [-0.2, -0.15) is 0 Å². The molecule has 1 aromatic heterocycles. The summed E-state index contributed by atoms with van der Waals surface area (Å²) >= 11 is 0. The second kappa shape index (κ2) is 7.16. The lowest BCUT2D eigenvalue weighted by molar-refractivity contribution is 0.232. The maximum absolute atomic E-state index is 5.66.